The Morgan fingerprint density at radius 3 is 2.32 bits per heavy atom. The summed E-state index contributed by atoms with van der Waals surface area (Å²) in [5.41, 5.74) is 5.65. The topological polar surface area (TPSA) is 50.3 Å². The van der Waals surface area contributed by atoms with E-state index in [1.165, 1.54) is 0 Å². The summed E-state index contributed by atoms with van der Waals surface area (Å²) in [5, 5.41) is 0. The maximum absolute atomic E-state index is 12.5. The first-order valence-electron chi connectivity index (χ1n) is 9.39. The number of ketones is 1. The summed E-state index contributed by atoms with van der Waals surface area (Å²) in [6.07, 6.45) is 4.24. The highest BCUT2D eigenvalue weighted by atomic mass is 16.2. The number of rotatable bonds is 6. The van der Waals surface area contributed by atoms with E-state index in [0.717, 1.165) is 27.9 Å². The summed E-state index contributed by atoms with van der Waals surface area (Å²) in [6.45, 7) is 3.86. The number of anilines is 1. The van der Waals surface area contributed by atoms with Crippen molar-refractivity contribution >= 4 is 17.4 Å². The van der Waals surface area contributed by atoms with Crippen LogP contribution in [0.25, 0.3) is 11.1 Å². The first kappa shape index (κ1) is 19.5. The van der Waals surface area contributed by atoms with E-state index in [1.807, 2.05) is 62.4 Å². The van der Waals surface area contributed by atoms with E-state index in [2.05, 4.69) is 11.1 Å². The SMILES string of the molecule is CCC(=O)N(C)c1ccc(-c2ccc(C(=O)Cc3cccnc3)cc2)cc1C. The standard InChI is InChI=1S/C24H24N2O2/c1-4-24(28)26(3)22-12-11-21(14-17(22)2)19-7-9-20(10-8-19)23(27)15-18-6-5-13-25-16-18/h5-14,16H,4,15H2,1-3H3. The summed E-state index contributed by atoms with van der Waals surface area (Å²) in [5.74, 6) is 0.165. The Balaban J connectivity index is 1.77. The van der Waals surface area contributed by atoms with E-state index in [9.17, 15) is 9.59 Å². The van der Waals surface area contributed by atoms with Crippen LogP contribution in [0.3, 0.4) is 0 Å². The number of carbonyl (C=O) groups excluding carboxylic acids is 2. The molecule has 28 heavy (non-hydrogen) atoms. The quantitative estimate of drug-likeness (QED) is 0.581. The van der Waals surface area contributed by atoms with Crippen LogP contribution in [0.5, 0.6) is 0 Å². The highest BCUT2D eigenvalue weighted by Gasteiger charge is 2.12. The van der Waals surface area contributed by atoms with Crippen LogP contribution < -0.4 is 4.90 Å². The fourth-order valence-corrected chi connectivity index (χ4v) is 3.22. The van der Waals surface area contributed by atoms with E-state index < -0.39 is 0 Å². The van der Waals surface area contributed by atoms with Crippen LogP contribution in [-0.2, 0) is 11.2 Å². The Hall–Kier alpha value is -3.27. The zero-order valence-corrected chi connectivity index (χ0v) is 16.5. The van der Waals surface area contributed by atoms with Crippen LogP contribution in [0.4, 0.5) is 5.69 Å². The van der Waals surface area contributed by atoms with Gasteiger partial charge >= 0.3 is 0 Å². The maximum atomic E-state index is 12.5. The number of hydrogen-bond acceptors (Lipinski definition) is 3. The van der Waals surface area contributed by atoms with Gasteiger partial charge in [-0.15, -0.1) is 0 Å². The summed E-state index contributed by atoms with van der Waals surface area (Å²) in [6, 6.07) is 17.5. The van der Waals surface area contributed by atoms with Crippen LogP contribution >= 0.6 is 0 Å². The van der Waals surface area contributed by atoms with Gasteiger partial charge in [0.25, 0.3) is 0 Å². The second kappa shape index (κ2) is 8.61. The highest BCUT2D eigenvalue weighted by Crippen LogP contribution is 2.27. The first-order valence-corrected chi connectivity index (χ1v) is 9.39. The van der Waals surface area contributed by atoms with E-state index >= 15 is 0 Å². The first-order chi connectivity index (χ1) is 13.5. The monoisotopic (exact) mass is 372 g/mol. The number of carbonyl (C=O) groups is 2. The summed E-state index contributed by atoms with van der Waals surface area (Å²) >= 11 is 0. The third-order valence-electron chi connectivity index (χ3n) is 4.86. The van der Waals surface area contributed by atoms with Crippen LogP contribution in [0.15, 0.2) is 67.0 Å². The average Bonchev–Trinajstić information content (AvgIpc) is 2.73. The molecule has 1 aromatic heterocycles. The lowest BCUT2D eigenvalue weighted by atomic mass is 9.98. The number of Topliss-reactive ketones (excluding diaryl/α,β-unsaturated/α-hetero) is 1. The molecule has 0 saturated heterocycles. The lowest BCUT2D eigenvalue weighted by molar-refractivity contribution is -0.118. The molecule has 1 heterocycles. The summed E-state index contributed by atoms with van der Waals surface area (Å²) in [7, 11) is 1.80. The van der Waals surface area contributed by atoms with E-state index in [-0.39, 0.29) is 11.7 Å². The van der Waals surface area contributed by atoms with Gasteiger partial charge in [-0.25, -0.2) is 0 Å². The molecule has 3 rings (SSSR count). The minimum atomic E-state index is 0.0748. The molecule has 0 unspecified atom stereocenters. The molecule has 0 fully saturated rings. The number of amides is 1. The molecule has 0 aliphatic carbocycles. The van der Waals surface area contributed by atoms with Crippen LogP contribution in [0.1, 0.15) is 34.8 Å². The smallest absolute Gasteiger partial charge is 0.226 e. The molecule has 1 amide bonds. The molecule has 0 aliphatic heterocycles. The Bertz CT molecular complexity index is 979. The lowest BCUT2D eigenvalue weighted by Crippen LogP contribution is -2.25. The van der Waals surface area contributed by atoms with E-state index in [1.54, 1.807) is 24.3 Å². The van der Waals surface area contributed by atoms with Crippen molar-refractivity contribution in [3.63, 3.8) is 0 Å². The van der Waals surface area contributed by atoms with Gasteiger partial charge in [0, 0.05) is 43.5 Å². The molecule has 0 spiro atoms. The Morgan fingerprint density at radius 2 is 1.71 bits per heavy atom. The van der Waals surface area contributed by atoms with Gasteiger partial charge in [-0.05, 0) is 47.4 Å². The number of pyridine rings is 1. The minimum Gasteiger partial charge on any atom is -0.315 e. The van der Waals surface area contributed by atoms with Crippen molar-refractivity contribution in [2.75, 3.05) is 11.9 Å². The second-order valence-corrected chi connectivity index (χ2v) is 6.85. The van der Waals surface area contributed by atoms with Gasteiger partial charge in [0.1, 0.15) is 0 Å². The van der Waals surface area contributed by atoms with Gasteiger partial charge in [0.2, 0.25) is 5.91 Å². The predicted octanol–water partition coefficient (Wildman–Crippen LogP) is 4.86. The third-order valence-corrected chi connectivity index (χ3v) is 4.86. The molecule has 3 aromatic rings. The molecule has 4 nitrogen and oxygen atoms in total. The number of hydrogen-bond donors (Lipinski definition) is 0. The molecule has 0 bridgehead atoms. The van der Waals surface area contributed by atoms with Crippen molar-refractivity contribution in [3.05, 3.63) is 83.7 Å². The van der Waals surface area contributed by atoms with Gasteiger partial charge < -0.3 is 4.90 Å². The normalized spacial score (nSPS) is 10.5. The predicted molar refractivity (Wildman–Crippen MR) is 113 cm³/mol. The number of nitrogens with zero attached hydrogens (tertiary/aromatic N) is 2. The maximum Gasteiger partial charge on any atom is 0.226 e. The van der Waals surface area contributed by atoms with Crippen molar-refractivity contribution < 1.29 is 9.59 Å². The van der Waals surface area contributed by atoms with Gasteiger partial charge in [-0.3, -0.25) is 14.6 Å². The summed E-state index contributed by atoms with van der Waals surface area (Å²) < 4.78 is 0. The summed E-state index contributed by atoms with van der Waals surface area (Å²) in [4.78, 5) is 30.2. The minimum absolute atomic E-state index is 0.0748. The number of aromatic nitrogens is 1. The van der Waals surface area contributed by atoms with Crippen molar-refractivity contribution in [1.29, 1.82) is 0 Å². The molecular formula is C24H24N2O2. The van der Waals surface area contributed by atoms with Crippen molar-refractivity contribution in [2.24, 2.45) is 0 Å². The van der Waals surface area contributed by atoms with Gasteiger partial charge in [-0.1, -0.05) is 43.3 Å². The number of benzene rings is 2. The van der Waals surface area contributed by atoms with Crippen LogP contribution in [0.2, 0.25) is 0 Å². The third kappa shape index (κ3) is 4.34. The molecule has 142 valence electrons. The highest BCUT2D eigenvalue weighted by molar-refractivity contribution is 5.98. The zero-order chi connectivity index (χ0) is 20.1. The molecule has 4 heteroatoms. The van der Waals surface area contributed by atoms with Crippen LogP contribution in [-0.4, -0.2) is 23.7 Å². The molecule has 0 atom stereocenters. The Morgan fingerprint density at radius 1 is 1.00 bits per heavy atom. The van der Waals surface area contributed by atoms with Crippen LogP contribution in [0, 0.1) is 6.92 Å². The molecule has 0 radical (unpaired) electrons. The van der Waals surface area contributed by atoms with Gasteiger partial charge in [0.05, 0.1) is 0 Å². The Labute approximate surface area is 165 Å². The van der Waals surface area contributed by atoms with E-state index in [4.69, 9.17) is 0 Å². The lowest BCUT2D eigenvalue weighted by Gasteiger charge is -2.19. The second-order valence-electron chi connectivity index (χ2n) is 6.85. The van der Waals surface area contributed by atoms with Gasteiger partial charge in [0.15, 0.2) is 5.78 Å². The molecule has 0 N–H and O–H groups in total. The fourth-order valence-electron chi connectivity index (χ4n) is 3.22. The fraction of sp³-hybridized carbons (Fsp3) is 0.208. The van der Waals surface area contributed by atoms with Crippen molar-refractivity contribution in [2.45, 2.75) is 26.7 Å². The Kier molecular flexibility index (Phi) is 5.99. The molecule has 0 aliphatic rings. The van der Waals surface area contributed by atoms with Gasteiger partial charge in [-0.2, -0.15) is 0 Å². The number of aryl methyl sites for hydroxylation is 1. The average molecular weight is 372 g/mol. The molecule has 0 saturated carbocycles. The van der Waals surface area contributed by atoms with E-state index in [0.29, 0.717) is 18.4 Å². The molecule has 2 aromatic carbocycles. The van der Waals surface area contributed by atoms with Crippen molar-refractivity contribution in [3.8, 4) is 11.1 Å². The largest absolute Gasteiger partial charge is 0.315 e. The molecular weight excluding hydrogens is 348 g/mol. The zero-order valence-electron chi connectivity index (χ0n) is 16.5. The van der Waals surface area contributed by atoms with Crippen molar-refractivity contribution in [1.82, 2.24) is 4.98 Å².